The van der Waals surface area contributed by atoms with Crippen LogP contribution in [-0.2, 0) is 4.74 Å². The fraction of sp³-hybridized carbons (Fsp3) is 0.727. The van der Waals surface area contributed by atoms with Gasteiger partial charge in [-0.3, -0.25) is 4.68 Å². The summed E-state index contributed by atoms with van der Waals surface area (Å²) < 4.78 is 7.41. The van der Waals surface area contributed by atoms with Gasteiger partial charge < -0.3 is 10.5 Å². The van der Waals surface area contributed by atoms with E-state index in [2.05, 4.69) is 12.0 Å². The minimum absolute atomic E-state index is 0.422. The lowest BCUT2D eigenvalue weighted by atomic mass is 9.93. The van der Waals surface area contributed by atoms with Gasteiger partial charge in [0.05, 0.1) is 23.6 Å². The number of aromatic nitrogens is 2. The van der Waals surface area contributed by atoms with Crippen LogP contribution < -0.4 is 5.73 Å². The van der Waals surface area contributed by atoms with E-state index in [0.29, 0.717) is 12.0 Å². The van der Waals surface area contributed by atoms with E-state index in [4.69, 9.17) is 10.5 Å². The molecule has 1 aliphatic heterocycles. The summed E-state index contributed by atoms with van der Waals surface area (Å²) in [6.07, 6.45) is 3.99. The van der Waals surface area contributed by atoms with Crippen molar-refractivity contribution < 1.29 is 4.74 Å². The van der Waals surface area contributed by atoms with Gasteiger partial charge in [0, 0.05) is 13.2 Å². The monoisotopic (exact) mass is 209 g/mol. The van der Waals surface area contributed by atoms with Crippen molar-refractivity contribution in [2.45, 2.75) is 32.7 Å². The molecule has 84 valence electrons. The van der Waals surface area contributed by atoms with Crippen molar-refractivity contribution in [2.75, 3.05) is 18.9 Å². The highest BCUT2D eigenvalue weighted by Gasteiger charge is 2.23. The quantitative estimate of drug-likeness (QED) is 0.807. The molecule has 0 aliphatic carbocycles. The highest BCUT2D eigenvalue weighted by molar-refractivity contribution is 5.39. The van der Waals surface area contributed by atoms with E-state index in [1.165, 1.54) is 0 Å². The smallest absolute Gasteiger partial charge is 0.0730 e. The molecule has 0 bridgehead atoms. The van der Waals surface area contributed by atoms with E-state index in [0.717, 1.165) is 37.4 Å². The highest BCUT2D eigenvalue weighted by atomic mass is 16.5. The van der Waals surface area contributed by atoms with Gasteiger partial charge in [-0.05, 0) is 32.6 Å². The minimum Gasteiger partial charge on any atom is -0.396 e. The topological polar surface area (TPSA) is 53.1 Å². The normalized spacial score (nSPS) is 20.4. The number of anilines is 1. The van der Waals surface area contributed by atoms with Crippen molar-refractivity contribution in [1.29, 1.82) is 0 Å². The second-order valence-electron chi connectivity index (χ2n) is 4.32. The maximum Gasteiger partial charge on any atom is 0.0730 e. The Bertz CT molecular complexity index is 329. The number of rotatable bonds is 2. The lowest BCUT2D eigenvalue weighted by molar-refractivity contribution is 0.0492. The molecule has 1 atom stereocenters. The predicted molar refractivity (Wildman–Crippen MR) is 59.6 cm³/mol. The summed E-state index contributed by atoms with van der Waals surface area (Å²) in [7, 11) is 0. The molecule has 2 rings (SSSR count). The Morgan fingerprint density at radius 1 is 1.53 bits per heavy atom. The van der Waals surface area contributed by atoms with Crippen molar-refractivity contribution in [3.05, 3.63) is 11.9 Å². The van der Waals surface area contributed by atoms with Crippen LogP contribution in [0.5, 0.6) is 0 Å². The van der Waals surface area contributed by atoms with Crippen LogP contribution in [0.1, 0.15) is 31.5 Å². The van der Waals surface area contributed by atoms with Crippen molar-refractivity contribution in [1.82, 2.24) is 9.78 Å². The van der Waals surface area contributed by atoms with Crippen LogP contribution in [0.3, 0.4) is 0 Å². The average Bonchev–Trinajstić information content (AvgIpc) is 2.60. The second kappa shape index (κ2) is 4.23. The van der Waals surface area contributed by atoms with Crippen LogP contribution >= 0.6 is 0 Å². The number of nitrogens with two attached hydrogens (primary N) is 1. The first-order chi connectivity index (χ1) is 7.20. The standard InChI is InChI=1S/C11H19N3O/c1-8(10-3-5-15-6-4-10)14-9(2)11(12)7-13-14/h7-8,10H,3-6,12H2,1-2H3. The van der Waals surface area contributed by atoms with E-state index < -0.39 is 0 Å². The number of hydrogen-bond donors (Lipinski definition) is 1. The van der Waals surface area contributed by atoms with Gasteiger partial charge in [-0.2, -0.15) is 5.10 Å². The van der Waals surface area contributed by atoms with Gasteiger partial charge in [0.1, 0.15) is 0 Å². The number of ether oxygens (including phenoxy) is 1. The molecule has 1 aromatic heterocycles. The van der Waals surface area contributed by atoms with Gasteiger partial charge >= 0.3 is 0 Å². The molecule has 4 nitrogen and oxygen atoms in total. The molecular formula is C11H19N3O. The molecule has 0 radical (unpaired) electrons. The summed E-state index contributed by atoms with van der Waals surface area (Å²) >= 11 is 0. The molecule has 1 aromatic rings. The zero-order valence-electron chi connectivity index (χ0n) is 9.44. The molecule has 2 heterocycles. The van der Waals surface area contributed by atoms with Crippen LogP contribution in [-0.4, -0.2) is 23.0 Å². The molecule has 0 saturated carbocycles. The fourth-order valence-corrected chi connectivity index (χ4v) is 2.25. The van der Waals surface area contributed by atoms with Crippen molar-refractivity contribution in [3.63, 3.8) is 0 Å². The number of nitrogens with zero attached hydrogens (tertiary/aromatic N) is 2. The van der Waals surface area contributed by atoms with E-state index in [-0.39, 0.29) is 0 Å². The average molecular weight is 209 g/mol. The highest BCUT2D eigenvalue weighted by Crippen LogP contribution is 2.28. The van der Waals surface area contributed by atoms with E-state index in [9.17, 15) is 0 Å². The van der Waals surface area contributed by atoms with Gasteiger partial charge in [0.25, 0.3) is 0 Å². The van der Waals surface area contributed by atoms with Crippen molar-refractivity contribution in [3.8, 4) is 0 Å². The molecular weight excluding hydrogens is 190 g/mol. The zero-order chi connectivity index (χ0) is 10.8. The number of nitrogen functional groups attached to an aromatic ring is 1. The summed E-state index contributed by atoms with van der Waals surface area (Å²) in [5, 5.41) is 4.34. The van der Waals surface area contributed by atoms with Crippen LogP contribution in [0.25, 0.3) is 0 Å². The van der Waals surface area contributed by atoms with Gasteiger partial charge in [-0.1, -0.05) is 0 Å². The van der Waals surface area contributed by atoms with Gasteiger partial charge in [-0.15, -0.1) is 0 Å². The summed E-state index contributed by atoms with van der Waals surface area (Å²) in [6.45, 7) is 6.00. The van der Waals surface area contributed by atoms with E-state index in [1.807, 2.05) is 11.6 Å². The molecule has 4 heteroatoms. The molecule has 1 saturated heterocycles. The molecule has 0 amide bonds. The first-order valence-corrected chi connectivity index (χ1v) is 5.57. The maximum absolute atomic E-state index is 5.80. The Kier molecular flexibility index (Phi) is 2.95. The number of hydrogen-bond acceptors (Lipinski definition) is 3. The summed E-state index contributed by atoms with van der Waals surface area (Å²) in [5.74, 6) is 0.664. The molecule has 1 aliphatic rings. The summed E-state index contributed by atoms with van der Waals surface area (Å²) in [6, 6.07) is 0.422. The molecule has 1 fully saturated rings. The minimum atomic E-state index is 0.422. The van der Waals surface area contributed by atoms with Gasteiger partial charge in [-0.25, -0.2) is 0 Å². The largest absolute Gasteiger partial charge is 0.396 e. The molecule has 0 spiro atoms. The molecule has 0 aromatic carbocycles. The van der Waals surface area contributed by atoms with Crippen molar-refractivity contribution in [2.24, 2.45) is 5.92 Å². The summed E-state index contributed by atoms with van der Waals surface area (Å²) in [5.41, 5.74) is 7.66. The SMILES string of the molecule is Cc1c(N)cnn1C(C)C1CCOCC1. The third-order valence-electron chi connectivity index (χ3n) is 3.42. The second-order valence-corrected chi connectivity index (χ2v) is 4.32. The van der Waals surface area contributed by atoms with Crippen molar-refractivity contribution >= 4 is 5.69 Å². The Balaban J connectivity index is 2.12. The van der Waals surface area contributed by atoms with Crippen LogP contribution in [0.15, 0.2) is 6.20 Å². The zero-order valence-corrected chi connectivity index (χ0v) is 9.44. The molecule has 15 heavy (non-hydrogen) atoms. The van der Waals surface area contributed by atoms with E-state index in [1.54, 1.807) is 6.20 Å². The molecule has 1 unspecified atom stereocenters. The molecule has 2 N–H and O–H groups in total. The third kappa shape index (κ3) is 2.00. The first-order valence-electron chi connectivity index (χ1n) is 5.57. The van der Waals surface area contributed by atoms with Gasteiger partial charge in [0.15, 0.2) is 0 Å². The lowest BCUT2D eigenvalue weighted by Crippen LogP contribution is -2.25. The third-order valence-corrected chi connectivity index (χ3v) is 3.42. The Morgan fingerprint density at radius 2 is 2.20 bits per heavy atom. The van der Waals surface area contributed by atoms with E-state index >= 15 is 0 Å². The van der Waals surface area contributed by atoms with Crippen LogP contribution in [0.4, 0.5) is 5.69 Å². The predicted octanol–water partition coefficient (Wildman–Crippen LogP) is 1.76. The Morgan fingerprint density at radius 3 is 2.73 bits per heavy atom. The van der Waals surface area contributed by atoms with Crippen LogP contribution in [0, 0.1) is 12.8 Å². The first kappa shape index (κ1) is 10.5. The Hall–Kier alpha value is -1.03. The van der Waals surface area contributed by atoms with Gasteiger partial charge in [0.2, 0.25) is 0 Å². The lowest BCUT2D eigenvalue weighted by Gasteiger charge is -2.28. The van der Waals surface area contributed by atoms with Crippen LogP contribution in [0.2, 0.25) is 0 Å². The maximum atomic E-state index is 5.80. The summed E-state index contributed by atoms with van der Waals surface area (Å²) in [4.78, 5) is 0. The fourth-order valence-electron chi connectivity index (χ4n) is 2.25. The Labute approximate surface area is 90.4 Å².